The molecular formula is C19H15ClFN5O4. The molecule has 2 aromatic carbocycles. The number of methoxy groups -OCH3 is 1. The molecule has 0 bridgehead atoms. The molecule has 0 aromatic heterocycles. The fourth-order valence-corrected chi connectivity index (χ4v) is 3.49. The highest BCUT2D eigenvalue weighted by molar-refractivity contribution is 6.32. The number of fused-ring (bicyclic) bond motifs is 1. The summed E-state index contributed by atoms with van der Waals surface area (Å²) in [5, 5.41) is 11.3. The Morgan fingerprint density at radius 2 is 2.00 bits per heavy atom. The van der Waals surface area contributed by atoms with Crippen molar-refractivity contribution in [1.29, 1.82) is 0 Å². The van der Waals surface area contributed by atoms with Gasteiger partial charge in [0.1, 0.15) is 18.1 Å². The molecule has 2 aliphatic rings. The number of halogens is 2. The Bertz CT molecular complexity index is 1080. The fourth-order valence-electron chi connectivity index (χ4n) is 3.32. The standard InChI is InChI=1S/C19H15ClFN5O4/c1-30-14-5-3-2-4-13(14)22-15(27)9-25-17-16(23-24-25)18(28)26(19(17)29)10-6-7-12(21)11(20)8-10/h2-8,16-17H,9H2,1H3,(H,22,27)/t16-,17+/m0/s1. The van der Waals surface area contributed by atoms with Crippen LogP contribution in [-0.2, 0) is 14.4 Å². The van der Waals surface area contributed by atoms with E-state index < -0.39 is 35.6 Å². The van der Waals surface area contributed by atoms with Gasteiger partial charge < -0.3 is 10.1 Å². The first-order valence-electron chi connectivity index (χ1n) is 8.84. The molecule has 2 aromatic rings. The minimum atomic E-state index is -1.08. The van der Waals surface area contributed by atoms with E-state index in [1.165, 1.54) is 19.2 Å². The minimum Gasteiger partial charge on any atom is -0.495 e. The summed E-state index contributed by atoms with van der Waals surface area (Å²) >= 11 is 5.77. The second-order valence-electron chi connectivity index (χ2n) is 6.55. The van der Waals surface area contributed by atoms with Crippen molar-refractivity contribution in [1.82, 2.24) is 5.01 Å². The van der Waals surface area contributed by atoms with Gasteiger partial charge in [0.2, 0.25) is 5.91 Å². The van der Waals surface area contributed by atoms with Crippen molar-refractivity contribution in [3.05, 3.63) is 53.3 Å². The third kappa shape index (κ3) is 3.35. The number of imide groups is 1. The van der Waals surface area contributed by atoms with Crippen molar-refractivity contribution >= 4 is 40.7 Å². The first-order chi connectivity index (χ1) is 14.4. The number of anilines is 2. The van der Waals surface area contributed by atoms with E-state index in [0.717, 1.165) is 16.0 Å². The van der Waals surface area contributed by atoms with Gasteiger partial charge in [-0.25, -0.2) is 9.29 Å². The van der Waals surface area contributed by atoms with Crippen molar-refractivity contribution in [2.75, 3.05) is 23.9 Å². The van der Waals surface area contributed by atoms with E-state index in [2.05, 4.69) is 15.7 Å². The van der Waals surface area contributed by atoms with Crippen molar-refractivity contribution < 1.29 is 23.5 Å². The summed E-state index contributed by atoms with van der Waals surface area (Å²) in [6, 6.07) is 8.21. The lowest BCUT2D eigenvalue weighted by Gasteiger charge is -2.20. The molecule has 2 atom stereocenters. The number of benzene rings is 2. The monoisotopic (exact) mass is 431 g/mol. The maximum atomic E-state index is 13.4. The quantitative estimate of drug-likeness (QED) is 0.732. The molecule has 11 heteroatoms. The zero-order chi connectivity index (χ0) is 21.4. The van der Waals surface area contributed by atoms with Crippen LogP contribution in [0.4, 0.5) is 15.8 Å². The fraction of sp³-hybridized carbons (Fsp3) is 0.211. The van der Waals surface area contributed by atoms with E-state index >= 15 is 0 Å². The molecule has 1 N–H and O–H groups in total. The molecule has 154 valence electrons. The Hall–Kier alpha value is -3.53. The Kier molecular flexibility index (Phi) is 5.08. The molecule has 30 heavy (non-hydrogen) atoms. The molecule has 3 amide bonds. The third-order valence-electron chi connectivity index (χ3n) is 4.71. The molecule has 2 aliphatic heterocycles. The van der Waals surface area contributed by atoms with E-state index in [1.807, 2.05) is 0 Å². The number of nitrogens with one attached hydrogen (secondary N) is 1. The molecule has 0 radical (unpaired) electrons. The number of carbonyl (C=O) groups excluding carboxylic acids is 3. The number of ether oxygens (including phenoxy) is 1. The van der Waals surface area contributed by atoms with Crippen molar-refractivity contribution in [2.45, 2.75) is 12.1 Å². The normalized spacial score (nSPS) is 20.0. The number of nitrogens with zero attached hydrogens (tertiary/aromatic N) is 4. The molecule has 0 aliphatic carbocycles. The van der Waals surface area contributed by atoms with Crippen molar-refractivity contribution in [3.8, 4) is 5.75 Å². The van der Waals surface area contributed by atoms with Crippen molar-refractivity contribution in [3.63, 3.8) is 0 Å². The largest absolute Gasteiger partial charge is 0.495 e. The Morgan fingerprint density at radius 3 is 2.73 bits per heavy atom. The Morgan fingerprint density at radius 1 is 1.23 bits per heavy atom. The van der Waals surface area contributed by atoms with Gasteiger partial charge in [-0.15, -0.1) is 0 Å². The number of rotatable bonds is 5. The van der Waals surface area contributed by atoms with Crippen LogP contribution in [-0.4, -0.2) is 48.5 Å². The number of carbonyl (C=O) groups is 3. The molecule has 0 saturated carbocycles. The van der Waals surface area contributed by atoms with Crippen LogP contribution in [0.1, 0.15) is 0 Å². The zero-order valence-electron chi connectivity index (χ0n) is 15.6. The first-order valence-corrected chi connectivity index (χ1v) is 9.21. The van der Waals surface area contributed by atoms with Crippen LogP contribution in [0.5, 0.6) is 5.75 Å². The van der Waals surface area contributed by atoms with E-state index in [0.29, 0.717) is 11.4 Å². The van der Waals surface area contributed by atoms with Gasteiger partial charge in [-0.3, -0.25) is 19.4 Å². The van der Waals surface area contributed by atoms with Crippen LogP contribution < -0.4 is 15.0 Å². The second-order valence-corrected chi connectivity index (χ2v) is 6.96. The Balaban J connectivity index is 1.50. The average Bonchev–Trinajstić information content (AvgIpc) is 3.24. The minimum absolute atomic E-state index is 0.124. The third-order valence-corrected chi connectivity index (χ3v) is 5.00. The van der Waals surface area contributed by atoms with Gasteiger partial charge >= 0.3 is 0 Å². The van der Waals surface area contributed by atoms with Crippen LogP contribution in [0.25, 0.3) is 0 Å². The number of para-hydroxylation sites is 2. The SMILES string of the molecule is COc1ccccc1NC(=O)CN1N=N[C@@H]2C(=O)N(c3ccc(F)c(Cl)c3)C(=O)[C@@H]21. The van der Waals surface area contributed by atoms with Gasteiger partial charge in [-0.1, -0.05) is 29.0 Å². The highest BCUT2D eigenvalue weighted by Gasteiger charge is 2.55. The smallest absolute Gasteiger partial charge is 0.263 e. The topological polar surface area (TPSA) is 104 Å². The molecule has 0 spiro atoms. The predicted molar refractivity (Wildman–Crippen MR) is 105 cm³/mol. The highest BCUT2D eigenvalue weighted by Crippen LogP contribution is 2.33. The first kappa shape index (κ1) is 19.8. The number of hydrogen-bond acceptors (Lipinski definition) is 7. The van der Waals surface area contributed by atoms with Gasteiger partial charge in [0, 0.05) is 0 Å². The Labute approximate surface area is 175 Å². The maximum Gasteiger partial charge on any atom is 0.263 e. The molecule has 1 fully saturated rings. The van der Waals surface area contributed by atoms with E-state index in [4.69, 9.17) is 16.3 Å². The van der Waals surface area contributed by atoms with Crippen LogP contribution in [0.2, 0.25) is 5.02 Å². The van der Waals surface area contributed by atoms with Gasteiger partial charge in [0.15, 0.2) is 12.1 Å². The van der Waals surface area contributed by atoms with E-state index in [1.54, 1.807) is 24.3 Å². The summed E-state index contributed by atoms with van der Waals surface area (Å²) in [5.41, 5.74) is 0.577. The number of hydrogen-bond donors (Lipinski definition) is 1. The average molecular weight is 432 g/mol. The zero-order valence-corrected chi connectivity index (χ0v) is 16.3. The molecule has 2 heterocycles. The summed E-state index contributed by atoms with van der Waals surface area (Å²) in [6.07, 6.45) is 0. The van der Waals surface area contributed by atoms with Crippen molar-refractivity contribution in [2.24, 2.45) is 10.3 Å². The predicted octanol–water partition coefficient (Wildman–Crippen LogP) is 2.42. The molecular weight excluding hydrogens is 417 g/mol. The molecule has 4 rings (SSSR count). The lowest BCUT2D eigenvalue weighted by Crippen LogP contribution is -2.43. The van der Waals surface area contributed by atoms with Crippen LogP contribution >= 0.6 is 11.6 Å². The van der Waals surface area contributed by atoms with Gasteiger partial charge in [-0.2, -0.15) is 5.11 Å². The number of amides is 3. The summed E-state index contributed by atoms with van der Waals surface area (Å²) in [4.78, 5) is 38.9. The summed E-state index contributed by atoms with van der Waals surface area (Å²) in [7, 11) is 1.48. The molecule has 1 saturated heterocycles. The van der Waals surface area contributed by atoms with Gasteiger partial charge in [-0.05, 0) is 30.3 Å². The van der Waals surface area contributed by atoms with Crippen LogP contribution in [0.15, 0.2) is 52.8 Å². The molecule has 9 nitrogen and oxygen atoms in total. The molecule has 0 unspecified atom stereocenters. The van der Waals surface area contributed by atoms with E-state index in [9.17, 15) is 18.8 Å². The van der Waals surface area contributed by atoms with Crippen LogP contribution in [0.3, 0.4) is 0 Å². The lowest BCUT2D eigenvalue weighted by atomic mass is 10.1. The van der Waals surface area contributed by atoms with Crippen LogP contribution in [0, 0.1) is 5.82 Å². The van der Waals surface area contributed by atoms with E-state index in [-0.39, 0.29) is 17.3 Å². The summed E-state index contributed by atoms with van der Waals surface area (Å²) in [6.45, 7) is -0.306. The summed E-state index contributed by atoms with van der Waals surface area (Å²) < 4.78 is 18.6. The van der Waals surface area contributed by atoms with Gasteiger partial charge in [0.05, 0.1) is 23.5 Å². The lowest BCUT2D eigenvalue weighted by molar-refractivity contribution is -0.123. The second kappa shape index (κ2) is 7.71. The van der Waals surface area contributed by atoms with Gasteiger partial charge in [0.25, 0.3) is 11.8 Å². The maximum absolute atomic E-state index is 13.4. The highest BCUT2D eigenvalue weighted by atomic mass is 35.5. The summed E-state index contributed by atoms with van der Waals surface area (Å²) in [5.74, 6) is -1.92.